The maximum atomic E-state index is 13.1. The average Bonchev–Trinajstić information content (AvgIpc) is 3.48. The number of allylic oxidation sites excluding steroid dienone is 1. The molecule has 0 saturated carbocycles. The third-order valence-electron chi connectivity index (χ3n) is 6.11. The first-order valence-corrected chi connectivity index (χ1v) is 12.0. The SMILES string of the molecule is Cc1ccc(-c2nn(-c3nc4ccccc4s3)cc2C2C(C#N)=C(N)Oc3cc(C)oc(=O)c32)cc1. The zero-order valence-electron chi connectivity index (χ0n) is 19.4. The first kappa shape index (κ1) is 21.8. The van der Waals surface area contributed by atoms with Crippen LogP contribution < -0.4 is 16.1 Å². The smallest absolute Gasteiger partial charge is 0.343 e. The minimum Gasteiger partial charge on any atom is -0.440 e. The summed E-state index contributed by atoms with van der Waals surface area (Å²) in [6, 6.07) is 19.5. The molecule has 1 unspecified atom stereocenters. The Hall–Kier alpha value is -4.68. The van der Waals surface area contributed by atoms with E-state index >= 15 is 0 Å². The van der Waals surface area contributed by atoms with Crippen molar-refractivity contribution < 1.29 is 9.15 Å². The summed E-state index contributed by atoms with van der Waals surface area (Å²) in [5.74, 6) is -0.222. The van der Waals surface area contributed by atoms with Crippen LogP contribution >= 0.6 is 11.3 Å². The molecule has 4 heterocycles. The number of hydrogen-bond donors (Lipinski definition) is 1. The molecule has 1 aliphatic rings. The van der Waals surface area contributed by atoms with Crippen LogP contribution in [0.5, 0.6) is 5.75 Å². The highest BCUT2D eigenvalue weighted by atomic mass is 32.1. The van der Waals surface area contributed by atoms with E-state index < -0.39 is 11.5 Å². The quantitative estimate of drug-likeness (QED) is 0.378. The molecule has 176 valence electrons. The van der Waals surface area contributed by atoms with Gasteiger partial charge in [0.1, 0.15) is 23.2 Å². The fourth-order valence-corrected chi connectivity index (χ4v) is 5.31. The molecule has 6 rings (SSSR count). The molecule has 2 N–H and O–H groups in total. The molecule has 0 aliphatic carbocycles. The molecule has 0 radical (unpaired) electrons. The summed E-state index contributed by atoms with van der Waals surface area (Å²) in [5, 5.41) is 15.6. The van der Waals surface area contributed by atoms with Gasteiger partial charge in [0.15, 0.2) is 0 Å². The number of thiazole rings is 1. The minimum atomic E-state index is -0.824. The lowest BCUT2D eigenvalue weighted by molar-refractivity contribution is 0.371. The molecule has 36 heavy (non-hydrogen) atoms. The van der Waals surface area contributed by atoms with Gasteiger partial charge in [-0.05, 0) is 26.0 Å². The number of fused-ring (bicyclic) bond motifs is 2. The maximum absolute atomic E-state index is 13.1. The summed E-state index contributed by atoms with van der Waals surface area (Å²) < 4.78 is 13.8. The second kappa shape index (κ2) is 8.22. The Morgan fingerprint density at radius 1 is 1.14 bits per heavy atom. The molecule has 1 aliphatic heterocycles. The van der Waals surface area contributed by atoms with E-state index in [9.17, 15) is 10.1 Å². The Labute approximate surface area is 209 Å². The van der Waals surface area contributed by atoms with Crippen molar-refractivity contribution in [2.45, 2.75) is 19.8 Å². The van der Waals surface area contributed by atoms with Gasteiger partial charge in [0, 0.05) is 23.4 Å². The fourth-order valence-electron chi connectivity index (χ4n) is 4.42. The van der Waals surface area contributed by atoms with Crippen LogP contribution in [0.4, 0.5) is 0 Å². The molecular weight excluding hydrogens is 474 g/mol. The first-order chi connectivity index (χ1) is 17.4. The number of aromatic nitrogens is 3. The van der Waals surface area contributed by atoms with Gasteiger partial charge < -0.3 is 14.9 Å². The van der Waals surface area contributed by atoms with E-state index in [4.69, 9.17) is 25.0 Å². The van der Waals surface area contributed by atoms with E-state index in [1.54, 1.807) is 23.9 Å². The number of nitrogens with two attached hydrogens (primary N) is 1. The number of aryl methyl sites for hydroxylation is 2. The Bertz CT molecular complexity index is 1750. The summed E-state index contributed by atoms with van der Waals surface area (Å²) in [7, 11) is 0. The Morgan fingerprint density at radius 2 is 1.92 bits per heavy atom. The van der Waals surface area contributed by atoms with Gasteiger partial charge in [-0.1, -0.05) is 53.3 Å². The highest BCUT2D eigenvalue weighted by Gasteiger charge is 2.37. The molecule has 1 atom stereocenters. The van der Waals surface area contributed by atoms with Crippen LogP contribution in [-0.2, 0) is 0 Å². The van der Waals surface area contributed by atoms with Crippen molar-refractivity contribution in [1.29, 1.82) is 5.26 Å². The number of hydrogen-bond acceptors (Lipinski definition) is 8. The van der Waals surface area contributed by atoms with Crippen molar-refractivity contribution in [2.24, 2.45) is 5.73 Å². The molecule has 0 spiro atoms. The third kappa shape index (κ3) is 3.47. The van der Waals surface area contributed by atoms with E-state index in [-0.39, 0.29) is 22.8 Å². The monoisotopic (exact) mass is 493 g/mol. The van der Waals surface area contributed by atoms with E-state index in [0.717, 1.165) is 21.3 Å². The van der Waals surface area contributed by atoms with E-state index in [1.165, 1.54) is 11.3 Å². The second-order valence-corrected chi connectivity index (χ2v) is 9.56. The number of ether oxygens (including phenoxy) is 1. The first-order valence-electron chi connectivity index (χ1n) is 11.2. The standard InChI is InChI=1S/C27H19N5O3S/c1-14-7-9-16(10-8-14)24-18(13-32(31-24)27-30-19-5-3-4-6-21(19)36-27)22-17(12-28)25(29)35-20-11-15(2)34-26(33)23(20)22/h3-11,13,22H,29H2,1-2H3. The highest BCUT2D eigenvalue weighted by molar-refractivity contribution is 7.20. The number of nitriles is 1. The second-order valence-electron chi connectivity index (χ2n) is 8.56. The van der Waals surface area contributed by atoms with Crippen LogP contribution in [-0.4, -0.2) is 14.8 Å². The number of nitrogens with zero attached hydrogens (tertiary/aromatic N) is 4. The predicted octanol–water partition coefficient (Wildman–Crippen LogP) is 4.94. The molecule has 0 saturated heterocycles. The van der Waals surface area contributed by atoms with Gasteiger partial charge in [-0.2, -0.15) is 10.4 Å². The number of rotatable bonds is 3. The van der Waals surface area contributed by atoms with Gasteiger partial charge in [0.2, 0.25) is 11.0 Å². The molecule has 2 aromatic carbocycles. The Morgan fingerprint density at radius 3 is 2.67 bits per heavy atom. The summed E-state index contributed by atoms with van der Waals surface area (Å²) in [5.41, 5.74) is 9.94. The minimum absolute atomic E-state index is 0.0532. The van der Waals surface area contributed by atoms with Crippen molar-refractivity contribution in [3.05, 3.63) is 105 Å². The van der Waals surface area contributed by atoms with Crippen molar-refractivity contribution in [3.63, 3.8) is 0 Å². The van der Waals surface area contributed by atoms with Crippen LogP contribution in [0.3, 0.4) is 0 Å². The lowest BCUT2D eigenvalue weighted by atomic mass is 9.83. The average molecular weight is 494 g/mol. The van der Waals surface area contributed by atoms with Gasteiger partial charge in [-0.25, -0.2) is 14.5 Å². The molecule has 5 aromatic rings. The van der Waals surface area contributed by atoms with Crippen LogP contribution in [0, 0.1) is 25.2 Å². The normalized spacial score (nSPS) is 15.0. The number of benzene rings is 2. The largest absolute Gasteiger partial charge is 0.440 e. The predicted molar refractivity (Wildman–Crippen MR) is 136 cm³/mol. The number of para-hydroxylation sites is 1. The van der Waals surface area contributed by atoms with Crippen LogP contribution in [0.2, 0.25) is 0 Å². The van der Waals surface area contributed by atoms with Crippen LogP contribution in [0.25, 0.3) is 26.6 Å². The summed E-state index contributed by atoms with van der Waals surface area (Å²) in [6.07, 6.45) is 1.80. The summed E-state index contributed by atoms with van der Waals surface area (Å²) in [6.45, 7) is 3.66. The maximum Gasteiger partial charge on any atom is 0.343 e. The Kier molecular flexibility index (Phi) is 4.98. The molecule has 0 bridgehead atoms. The van der Waals surface area contributed by atoms with Crippen LogP contribution in [0.1, 0.15) is 28.4 Å². The van der Waals surface area contributed by atoms with Crippen molar-refractivity contribution in [2.75, 3.05) is 0 Å². The summed E-state index contributed by atoms with van der Waals surface area (Å²) in [4.78, 5) is 17.8. The zero-order valence-corrected chi connectivity index (χ0v) is 20.2. The van der Waals surface area contributed by atoms with Crippen molar-refractivity contribution in [1.82, 2.24) is 14.8 Å². The van der Waals surface area contributed by atoms with E-state index in [2.05, 4.69) is 6.07 Å². The molecule has 9 heteroatoms. The van der Waals surface area contributed by atoms with Crippen molar-refractivity contribution >= 4 is 21.6 Å². The van der Waals surface area contributed by atoms with Crippen LogP contribution in [0.15, 0.2) is 81.5 Å². The van der Waals surface area contributed by atoms with Gasteiger partial charge >= 0.3 is 5.63 Å². The van der Waals surface area contributed by atoms with Gasteiger partial charge in [-0.3, -0.25) is 0 Å². The van der Waals surface area contributed by atoms with Gasteiger partial charge in [0.25, 0.3) is 0 Å². The lowest BCUT2D eigenvalue weighted by Crippen LogP contribution is -2.26. The lowest BCUT2D eigenvalue weighted by Gasteiger charge is -2.25. The fraction of sp³-hybridized carbons (Fsp3) is 0.111. The summed E-state index contributed by atoms with van der Waals surface area (Å²) >= 11 is 1.50. The highest BCUT2D eigenvalue weighted by Crippen LogP contribution is 2.44. The van der Waals surface area contributed by atoms with E-state index in [1.807, 2.05) is 55.5 Å². The molecule has 0 amide bonds. The molecule has 0 fully saturated rings. The zero-order chi connectivity index (χ0) is 25.0. The molecular formula is C27H19N5O3S. The van der Waals surface area contributed by atoms with Gasteiger partial charge in [-0.15, -0.1) is 0 Å². The topological polar surface area (TPSA) is 120 Å². The van der Waals surface area contributed by atoms with Crippen molar-refractivity contribution in [3.8, 4) is 28.2 Å². The Balaban J connectivity index is 1.64. The molecule has 8 nitrogen and oxygen atoms in total. The third-order valence-corrected chi connectivity index (χ3v) is 7.14. The molecule has 3 aromatic heterocycles. The van der Waals surface area contributed by atoms with E-state index in [0.29, 0.717) is 22.1 Å². The van der Waals surface area contributed by atoms with Gasteiger partial charge in [0.05, 0.1) is 27.4 Å².